The number of hydrogen-bond acceptors (Lipinski definition) is 4. The molecule has 1 saturated carbocycles. The zero-order chi connectivity index (χ0) is 28.9. The molecule has 2 saturated heterocycles. The van der Waals surface area contributed by atoms with Crippen molar-refractivity contribution in [1.29, 1.82) is 0 Å². The minimum absolute atomic E-state index is 0.0412. The number of amides is 3. The van der Waals surface area contributed by atoms with Gasteiger partial charge in [-0.05, 0) is 54.0 Å². The van der Waals surface area contributed by atoms with Crippen LogP contribution in [0.25, 0.3) is 0 Å². The Balaban J connectivity index is 1.31. The molecule has 0 radical (unpaired) electrons. The Morgan fingerprint density at radius 3 is 2.51 bits per heavy atom. The summed E-state index contributed by atoms with van der Waals surface area (Å²) in [5, 5.41) is 6.80. The molecule has 6 rings (SSSR count). The number of nitrogens with one attached hydrogen (secondary N) is 2. The zero-order valence-electron chi connectivity index (χ0n) is 23.8. The number of ether oxygens (including phenoxy) is 1. The summed E-state index contributed by atoms with van der Waals surface area (Å²) >= 11 is 6.50. The molecule has 0 aromatic heterocycles. The van der Waals surface area contributed by atoms with Crippen LogP contribution < -0.4 is 10.6 Å². The maximum absolute atomic E-state index is 14.3. The largest absolute Gasteiger partial charge is 0.359 e. The number of likely N-dealkylation sites (tertiary alicyclic amines) is 1. The quantitative estimate of drug-likeness (QED) is 0.430. The van der Waals surface area contributed by atoms with E-state index in [4.69, 9.17) is 16.3 Å². The Hall–Kier alpha value is -3.16. The van der Waals surface area contributed by atoms with Gasteiger partial charge in [-0.2, -0.15) is 0 Å². The van der Waals surface area contributed by atoms with Crippen molar-refractivity contribution < 1.29 is 19.1 Å². The van der Waals surface area contributed by atoms with Crippen molar-refractivity contribution in [2.75, 3.05) is 5.32 Å². The number of fused-ring (bicyclic) bond motifs is 1. The van der Waals surface area contributed by atoms with Crippen molar-refractivity contribution in [1.82, 2.24) is 10.2 Å². The fourth-order valence-electron chi connectivity index (χ4n) is 7.22. The van der Waals surface area contributed by atoms with Crippen LogP contribution in [0.1, 0.15) is 63.5 Å². The number of benzene rings is 2. The van der Waals surface area contributed by atoms with Gasteiger partial charge in [0.2, 0.25) is 17.7 Å². The van der Waals surface area contributed by atoms with Gasteiger partial charge < -0.3 is 20.3 Å². The minimum Gasteiger partial charge on any atom is -0.359 e. The van der Waals surface area contributed by atoms with E-state index < -0.39 is 29.6 Å². The molecular formula is C33H38ClN3O4. The van der Waals surface area contributed by atoms with Gasteiger partial charge in [0.15, 0.2) is 0 Å². The molecule has 3 amide bonds. The molecule has 8 heteroatoms. The lowest BCUT2D eigenvalue weighted by Crippen LogP contribution is -2.57. The first-order valence-corrected chi connectivity index (χ1v) is 15.2. The Kier molecular flexibility index (Phi) is 7.45. The third-order valence-electron chi connectivity index (χ3n) is 9.51. The normalized spacial score (nSPS) is 31.9. The predicted molar refractivity (Wildman–Crippen MR) is 158 cm³/mol. The van der Waals surface area contributed by atoms with Crippen molar-refractivity contribution in [3.05, 3.63) is 76.8 Å². The monoisotopic (exact) mass is 575 g/mol. The molecule has 3 aliphatic heterocycles. The van der Waals surface area contributed by atoms with E-state index in [2.05, 4.69) is 31.4 Å². The molecule has 1 spiro atoms. The predicted octanol–water partition coefficient (Wildman–Crippen LogP) is 5.45. The highest BCUT2D eigenvalue weighted by molar-refractivity contribution is 6.31. The first-order chi connectivity index (χ1) is 19.7. The van der Waals surface area contributed by atoms with Crippen LogP contribution in [0.5, 0.6) is 0 Å². The van der Waals surface area contributed by atoms with Crippen LogP contribution in [0, 0.1) is 17.8 Å². The summed E-state index contributed by atoms with van der Waals surface area (Å²) in [6, 6.07) is 14.2. The maximum atomic E-state index is 14.3. The minimum atomic E-state index is -1.21. The first-order valence-electron chi connectivity index (χ1n) is 14.8. The van der Waals surface area contributed by atoms with Gasteiger partial charge in [-0.15, -0.1) is 0 Å². The molecule has 7 unspecified atom stereocenters. The molecule has 3 fully saturated rings. The van der Waals surface area contributed by atoms with Gasteiger partial charge in [0, 0.05) is 23.3 Å². The summed E-state index contributed by atoms with van der Waals surface area (Å²) in [6.07, 6.45) is 7.31. The van der Waals surface area contributed by atoms with Gasteiger partial charge in [-0.3, -0.25) is 14.4 Å². The van der Waals surface area contributed by atoms with E-state index >= 15 is 0 Å². The third-order valence-corrected chi connectivity index (χ3v) is 9.88. The molecular weight excluding hydrogens is 538 g/mol. The van der Waals surface area contributed by atoms with E-state index in [1.54, 1.807) is 11.0 Å². The van der Waals surface area contributed by atoms with Crippen LogP contribution in [-0.4, -0.2) is 46.4 Å². The molecule has 2 bridgehead atoms. The second-order valence-corrected chi connectivity index (χ2v) is 12.8. The second kappa shape index (κ2) is 10.9. The highest BCUT2D eigenvalue weighted by Gasteiger charge is 2.72. The first kappa shape index (κ1) is 28.0. The molecule has 2 N–H and O–H groups in total. The van der Waals surface area contributed by atoms with Crippen LogP contribution in [0.15, 0.2) is 60.7 Å². The zero-order valence-corrected chi connectivity index (χ0v) is 24.6. The number of rotatable bonds is 7. The van der Waals surface area contributed by atoms with Gasteiger partial charge >= 0.3 is 0 Å². The van der Waals surface area contributed by atoms with Gasteiger partial charge in [-0.1, -0.05) is 87.7 Å². The summed E-state index contributed by atoms with van der Waals surface area (Å²) in [5.74, 6) is -1.61. The molecule has 7 nitrogen and oxygen atoms in total. The van der Waals surface area contributed by atoms with Crippen LogP contribution in [0.3, 0.4) is 0 Å². The van der Waals surface area contributed by atoms with Crippen molar-refractivity contribution in [3.8, 4) is 0 Å². The lowest BCUT2D eigenvalue weighted by atomic mass is 9.74. The lowest BCUT2D eigenvalue weighted by Gasteiger charge is -2.36. The summed E-state index contributed by atoms with van der Waals surface area (Å²) in [6.45, 7) is 6.56. The fraction of sp³-hybridized carbons (Fsp3) is 0.485. The topological polar surface area (TPSA) is 87.7 Å². The number of nitrogens with zero attached hydrogens (tertiary/aromatic N) is 1. The maximum Gasteiger partial charge on any atom is 0.246 e. The van der Waals surface area contributed by atoms with E-state index in [9.17, 15) is 14.4 Å². The van der Waals surface area contributed by atoms with Crippen LogP contribution in [0.2, 0.25) is 5.02 Å². The number of carbonyl (C=O) groups is 3. The van der Waals surface area contributed by atoms with Gasteiger partial charge in [0.05, 0.1) is 17.9 Å². The summed E-state index contributed by atoms with van der Waals surface area (Å²) in [7, 11) is 0. The number of hydrogen-bond donors (Lipinski definition) is 2. The smallest absolute Gasteiger partial charge is 0.246 e. The highest BCUT2D eigenvalue weighted by Crippen LogP contribution is 2.55. The van der Waals surface area contributed by atoms with E-state index in [0.717, 1.165) is 31.2 Å². The van der Waals surface area contributed by atoms with Crippen molar-refractivity contribution in [3.63, 3.8) is 0 Å². The Morgan fingerprint density at radius 2 is 1.80 bits per heavy atom. The number of halogens is 1. The van der Waals surface area contributed by atoms with Crippen molar-refractivity contribution >= 4 is 35.0 Å². The van der Waals surface area contributed by atoms with E-state index in [1.807, 2.05) is 54.6 Å². The number of carbonyl (C=O) groups excluding carboxylic acids is 3. The molecule has 3 heterocycles. The molecule has 1 aliphatic carbocycles. The van der Waals surface area contributed by atoms with Crippen LogP contribution in [-0.2, 0) is 25.7 Å². The van der Waals surface area contributed by atoms with Gasteiger partial charge in [0.25, 0.3) is 0 Å². The average Bonchev–Trinajstić information content (AvgIpc) is 3.59. The summed E-state index contributed by atoms with van der Waals surface area (Å²) in [4.78, 5) is 43.7. The standard InChI is InChI=1S/C33H38ClN3O4/c1-19(2)21-12-14-23(15-13-21)35-30(38)27-26-16-17-33(41-26)28(27)32(40)37(18-22-9-5-6-10-24(22)34)29(33)31(39)36-25-11-7-4-8-20(25)3/h5-6,9-10,12-17,19-20,25-29H,4,7-8,11,18H2,1-3H3,(H,35,38)(H,36,39). The summed E-state index contributed by atoms with van der Waals surface area (Å²) in [5.41, 5.74) is 1.37. The molecule has 4 aliphatic rings. The molecule has 41 heavy (non-hydrogen) atoms. The van der Waals surface area contributed by atoms with Gasteiger partial charge in [-0.25, -0.2) is 0 Å². The molecule has 7 atom stereocenters. The van der Waals surface area contributed by atoms with Crippen LogP contribution >= 0.6 is 11.6 Å². The Bertz CT molecular complexity index is 1370. The van der Waals surface area contributed by atoms with E-state index in [-0.39, 0.29) is 30.3 Å². The molecule has 2 aromatic rings. The third kappa shape index (κ3) is 4.87. The molecule has 216 valence electrons. The average molecular weight is 576 g/mol. The Morgan fingerprint density at radius 1 is 1.07 bits per heavy atom. The Labute approximate surface area is 246 Å². The van der Waals surface area contributed by atoms with Crippen LogP contribution in [0.4, 0.5) is 5.69 Å². The van der Waals surface area contributed by atoms with Gasteiger partial charge in [0.1, 0.15) is 11.6 Å². The SMILES string of the molecule is CC(C)c1ccc(NC(=O)C2C3C=CC4(O3)C2C(=O)N(Cc2ccccc2Cl)C4C(=O)NC2CCCCC2C)cc1. The highest BCUT2D eigenvalue weighted by atomic mass is 35.5. The van der Waals surface area contributed by atoms with Crippen molar-refractivity contribution in [2.45, 2.75) is 82.7 Å². The lowest BCUT2D eigenvalue weighted by molar-refractivity contribution is -0.142. The van der Waals surface area contributed by atoms with Crippen molar-refractivity contribution in [2.24, 2.45) is 17.8 Å². The summed E-state index contributed by atoms with van der Waals surface area (Å²) < 4.78 is 6.50. The molecule has 2 aromatic carbocycles. The number of anilines is 1. The fourth-order valence-corrected chi connectivity index (χ4v) is 7.41. The van der Waals surface area contributed by atoms with E-state index in [0.29, 0.717) is 22.5 Å². The second-order valence-electron chi connectivity index (χ2n) is 12.4. The van der Waals surface area contributed by atoms with E-state index in [1.165, 1.54) is 5.56 Å².